The molecule has 1 heterocycles. The molecule has 1 saturated heterocycles. The molecule has 1 aromatic rings. The van der Waals surface area contributed by atoms with Gasteiger partial charge in [0, 0.05) is 25.1 Å². The van der Waals surface area contributed by atoms with E-state index in [-0.39, 0.29) is 24.0 Å². The largest absolute Gasteiger partial charge is 0.508 e. The first-order chi connectivity index (χ1) is 13.9. The normalized spacial score (nSPS) is 18.3. The van der Waals surface area contributed by atoms with E-state index in [1.54, 1.807) is 12.1 Å². The van der Waals surface area contributed by atoms with Gasteiger partial charge in [0.05, 0.1) is 0 Å². The van der Waals surface area contributed by atoms with Crippen LogP contribution in [0, 0.1) is 0 Å². The second-order valence-corrected chi connectivity index (χ2v) is 7.90. The van der Waals surface area contributed by atoms with Gasteiger partial charge < -0.3 is 10.4 Å². The van der Waals surface area contributed by atoms with E-state index >= 15 is 0 Å². The van der Waals surface area contributed by atoms with Crippen LogP contribution in [0.25, 0.3) is 0 Å². The van der Waals surface area contributed by atoms with Crippen LogP contribution in [0.2, 0.25) is 0 Å². The Labute approximate surface area is 171 Å². The van der Waals surface area contributed by atoms with Gasteiger partial charge in [0.25, 0.3) is 5.91 Å². The molecular formula is C21H30N4O4. The highest BCUT2D eigenvalue weighted by Gasteiger charge is 2.52. The van der Waals surface area contributed by atoms with Gasteiger partial charge in [-0.15, -0.1) is 0 Å². The zero-order valence-corrected chi connectivity index (χ0v) is 16.9. The summed E-state index contributed by atoms with van der Waals surface area (Å²) >= 11 is 0. The minimum absolute atomic E-state index is 0.150. The van der Waals surface area contributed by atoms with Crippen LogP contribution in [0.5, 0.6) is 5.75 Å². The molecule has 0 unspecified atom stereocenters. The molecule has 0 radical (unpaired) electrons. The van der Waals surface area contributed by atoms with E-state index in [1.165, 1.54) is 0 Å². The average molecular weight is 402 g/mol. The Morgan fingerprint density at radius 3 is 2.62 bits per heavy atom. The van der Waals surface area contributed by atoms with Gasteiger partial charge in [0.15, 0.2) is 0 Å². The number of hydrazine groups is 1. The van der Waals surface area contributed by atoms with E-state index < -0.39 is 11.6 Å². The summed E-state index contributed by atoms with van der Waals surface area (Å²) in [5, 5.41) is 13.6. The fraction of sp³-hybridized carbons (Fsp3) is 0.571. The van der Waals surface area contributed by atoms with Crippen molar-refractivity contribution in [2.75, 3.05) is 13.1 Å². The monoisotopic (exact) mass is 402 g/mol. The van der Waals surface area contributed by atoms with Crippen LogP contribution in [0.3, 0.4) is 0 Å². The summed E-state index contributed by atoms with van der Waals surface area (Å²) in [6.45, 7) is 3.81. The van der Waals surface area contributed by atoms with Crippen molar-refractivity contribution >= 4 is 17.8 Å². The van der Waals surface area contributed by atoms with Crippen molar-refractivity contribution in [1.29, 1.82) is 0 Å². The minimum Gasteiger partial charge on any atom is -0.508 e. The SMILES string of the molecule is CCCN(CCC(=O)NN1C(=O)NC2(CCCCC2)C1=O)Cc1ccccc1O. The lowest BCUT2D eigenvalue weighted by atomic mass is 9.82. The molecule has 1 aromatic carbocycles. The van der Waals surface area contributed by atoms with Crippen LogP contribution >= 0.6 is 0 Å². The fourth-order valence-electron chi connectivity index (χ4n) is 4.13. The summed E-state index contributed by atoms with van der Waals surface area (Å²) in [6, 6.07) is 6.59. The summed E-state index contributed by atoms with van der Waals surface area (Å²) in [5.74, 6) is -0.495. The van der Waals surface area contributed by atoms with Crippen molar-refractivity contribution < 1.29 is 19.5 Å². The molecule has 2 aliphatic rings. The molecule has 1 saturated carbocycles. The number of phenols is 1. The quantitative estimate of drug-likeness (QED) is 0.579. The summed E-state index contributed by atoms with van der Waals surface area (Å²) in [7, 11) is 0. The molecule has 0 bridgehead atoms. The number of imide groups is 1. The third-order valence-corrected chi connectivity index (χ3v) is 5.69. The Hall–Kier alpha value is -2.61. The van der Waals surface area contributed by atoms with Gasteiger partial charge in [-0.1, -0.05) is 44.4 Å². The Morgan fingerprint density at radius 2 is 1.93 bits per heavy atom. The molecule has 29 heavy (non-hydrogen) atoms. The predicted octanol–water partition coefficient (Wildman–Crippen LogP) is 2.28. The molecule has 8 nitrogen and oxygen atoms in total. The molecule has 2 fully saturated rings. The molecule has 0 aromatic heterocycles. The Balaban J connectivity index is 1.54. The van der Waals surface area contributed by atoms with Gasteiger partial charge in [-0.05, 0) is 31.9 Å². The van der Waals surface area contributed by atoms with Crippen LogP contribution < -0.4 is 10.7 Å². The lowest BCUT2D eigenvalue weighted by molar-refractivity contribution is -0.140. The second kappa shape index (κ2) is 9.26. The van der Waals surface area contributed by atoms with Crippen LogP contribution in [0.15, 0.2) is 24.3 Å². The van der Waals surface area contributed by atoms with Crippen molar-refractivity contribution in [2.24, 2.45) is 0 Å². The van der Waals surface area contributed by atoms with Gasteiger partial charge in [0.1, 0.15) is 11.3 Å². The lowest BCUT2D eigenvalue weighted by Gasteiger charge is -2.30. The highest BCUT2D eigenvalue weighted by Crippen LogP contribution is 2.33. The van der Waals surface area contributed by atoms with E-state index in [1.807, 2.05) is 12.1 Å². The fourth-order valence-corrected chi connectivity index (χ4v) is 4.13. The topological polar surface area (TPSA) is 102 Å². The number of urea groups is 1. The first-order valence-electron chi connectivity index (χ1n) is 10.4. The molecule has 158 valence electrons. The van der Waals surface area contributed by atoms with E-state index in [4.69, 9.17) is 0 Å². The summed E-state index contributed by atoms with van der Waals surface area (Å²) in [4.78, 5) is 39.5. The van der Waals surface area contributed by atoms with Crippen LogP contribution in [-0.4, -0.2) is 51.5 Å². The second-order valence-electron chi connectivity index (χ2n) is 7.90. The van der Waals surface area contributed by atoms with Gasteiger partial charge in [-0.2, -0.15) is 5.01 Å². The molecule has 3 rings (SSSR count). The number of benzene rings is 1. The maximum atomic E-state index is 12.7. The number of phenolic OH excluding ortho intramolecular Hbond substituents is 1. The number of hydrogen-bond acceptors (Lipinski definition) is 5. The van der Waals surface area contributed by atoms with Crippen molar-refractivity contribution in [1.82, 2.24) is 20.7 Å². The van der Waals surface area contributed by atoms with Crippen LogP contribution in [0.4, 0.5) is 4.79 Å². The summed E-state index contributed by atoms with van der Waals surface area (Å²) < 4.78 is 0. The molecule has 1 spiro atoms. The van der Waals surface area contributed by atoms with Gasteiger partial charge in [0.2, 0.25) is 5.91 Å². The maximum Gasteiger partial charge on any atom is 0.344 e. The number of carbonyl (C=O) groups excluding carboxylic acids is 3. The maximum absolute atomic E-state index is 12.7. The smallest absolute Gasteiger partial charge is 0.344 e. The number of nitrogens with zero attached hydrogens (tertiary/aromatic N) is 2. The highest BCUT2D eigenvalue weighted by molar-refractivity contribution is 6.08. The van der Waals surface area contributed by atoms with Crippen molar-refractivity contribution in [3.63, 3.8) is 0 Å². The zero-order chi connectivity index (χ0) is 20.9. The molecule has 3 N–H and O–H groups in total. The molecule has 1 aliphatic carbocycles. The van der Waals surface area contributed by atoms with Crippen molar-refractivity contribution in [3.8, 4) is 5.75 Å². The van der Waals surface area contributed by atoms with Gasteiger partial charge >= 0.3 is 6.03 Å². The third-order valence-electron chi connectivity index (χ3n) is 5.69. The van der Waals surface area contributed by atoms with Crippen LogP contribution in [0.1, 0.15) is 57.4 Å². The molecule has 0 atom stereocenters. The lowest BCUT2D eigenvalue weighted by Crippen LogP contribution is -2.51. The van der Waals surface area contributed by atoms with E-state index in [9.17, 15) is 19.5 Å². The first kappa shape index (κ1) is 21.1. The van der Waals surface area contributed by atoms with Crippen LogP contribution in [-0.2, 0) is 16.1 Å². The molecule has 4 amide bonds. The van der Waals surface area contributed by atoms with E-state index in [0.717, 1.165) is 42.8 Å². The van der Waals surface area contributed by atoms with Crippen molar-refractivity contribution in [3.05, 3.63) is 29.8 Å². The molecule has 8 heteroatoms. The highest BCUT2D eigenvalue weighted by atomic mass is 16.3. The van der Waals surface area contributed by atoms with Crippen molar-refractivity contribution in [2.45, 2.75) is 64.0 Å². The number of nitrogens with one attached hydrogen (secondary N) is 2. The zero-order valence-electron chi connectivity index (χ0n) is 16.9. The minimum atomic E-state index is -0.846. The average Bonchev–Trinajstić information content (AvgIpc) is 2.92. The standard InChI is InChI=1S/C21H30N4O4/c1-2-13-24(15-16-8-4-5-9-17(16)26)14-10-18(27)23-25-19(28)21(22-20(25)29)11-6-3-7-12-21/h4-5,8-9,26H,2-3,6-7,10-15H2,1H3,(H,22,29)(H,23,27). The molecule has 1 aliphatic heterocycles. The first-order valence-corrected chi connectivity index (χ1v) is 10.4. The summed E-state index contributed by atoms with van der Waals surface area (Å²) in [6.07, 6.45) is 5.14. The predicted molar refractivity (Wildman–Crippen MR) is 108 cm³/mol. The number of hydrogen-bond donors (Lipinski definition) is 3. The van der Waals surface area contributed by atoms with E-state index in [2.05, 4.69) is 22.6 Å². The van der Waals surface area contributed by atoms with Gasteiger partial charge in [-0.25, -0.2) is 4.79 Å². The van der Waals surface area contributed by atoms with E-state index in [0.29, 0.717) is 25.9 Å². The third kappa shape index (κ3) is 4.87. The summed E-state index contributed by atoms with van der Waals surface area (Å²) in [5.41, 5.74) is 2.43. The number of amides is 4. The number of para-hydroxylation sites is 1. The Kier molecular flexibility index (Phi) is 6.74. The number of rotatable bonds is 8. The number of aromatic hydroxyl groups is 1. The Bertz CT molecular complexity index is 761. The van der Waals surface area contributed by atoms with Gasteiger partial charge in [-0.3, -0.25) is 19.9 Å². The molecular weight excluding hydrogens is 372 g/mol. The Morgan fingerprint density at radius 1 is 1.21 bits per heavy atom. The number of carbonyl (C=O) groups is 3.